The predicted octanol–water partition coefficient (Wildman–Crippen LogP) is 3.07. The normalized spacial score (nSPS) is 10.9. The average Bonchev–Trinajstić information content (AvgIpc) is 2.88. The molecule has 7 heteroatoms. The molecular weight excluding hydrogens is 306 g/mol. The van der Waals surface area contributed by atoms with Gasteiger partial charge in [0, 0.05) is 6.07 Å². The smallest absolute Gasteiger partial charge is 0.357 e. The molecule has 0 fully saturated rings. The van der Waals surface area contributed by atoms with Crippen molar-refractivity contribution in [2.24, 2.45) is 0 Å². The molecule has 0 aliphatic heterocycles. The van der Waals surface area contributed by atoms with E-state index in [4.69, 9.17) is 0 Å². The van der Waals surface area contributed by atoms with E-state index in [-0.39, 0.29) is 17.4 Å². The van der Waals surface area contributed by atoms with Crippen LogP contribution in [0.5, 0.6) is 5.75 Å². The van der Waals surface area contributed by atoms with Crippen molar-refractivity contribution < 1.29 is 23.4 Å². The third kappa shape index (κ3) is 2.50. The molecule has 0 saturated heterocycles. The zero-order valence-electron chi connectivity index (χ0n) is 12.1. The van der Waals surface area contributed by atoms with Gasteiger partial charge in [-0.15, -0.1) is 0 Å². The Morgan fingerprint density at radius 1 is 1.30 bits per heavy atom. The molecule has 2 aromatic carbocycles. The van der Waals surface area contributed by atoms with Gasteiger partial charge in [0.15, 0.2) is 23.1 Å². The van der Waals surface area contributed by atoms with E-state index in [0.29, 0.717) is 0 Å². The van der Waals surface area contributed by atoms with Crippen molar-refractivity contribution in [3.05, 3.63) is 59.3 Å². The van der Waals surface area contributed by atoms with Gasteiger partial charge in [0.25, 0.3) is 0 Å². The minimum Gasteiger partial charge on any atom is -0.491 e. The van der Waals surface area contributed by atoms with Crippen molar-refractivity contribution >= 4 is 16.9 Å². The van der Waals surface area contributed by atoms with Crippen molar-refractivity contribution in [1.29, 1.82) is 0 Å². The summed E-state index contributed by atoms with van der Waals surface area (Å²) in [5, 5.41) is 12.9. The molecule has 0 radical (unpaired) electrons. The monoisotopic (exact) mass is 318 g/mol. The number of aromatic nitrogens is 2. The van der Waals surface area contributed by atoms with Crippen LogP contribution in [0.1, 0.15) is 16.1 Å². The molecule has 3 rings (SSSR count). The van der Waals surface area contributed by atoms with Crippen LogP contribution in [0.15, 0.2) is 36.4 Å². The Morgan fingerprint density at radius 3 is 2.61 bits per heavy atom. The van der Waals surface area contributed by atoms with E-state index >= 15 is 0 Å². The highest BCUT2D eigenvalue weighted by Gasteiger charge is 2.25. The number of halogens is 2. The summed E-state index contributed by atoms with van der Waals surface area (Å²) in [7, 11) is 1.11. The van der Waals surface area contributed by atoms with Crippen LogP contribution in [0.3, 0.4) is 0 Å². The first-order valence-corrected chi connectivity index (χ1v) is 6.72. The lowest BCUT2D eigenvalue weighted by Gasteiger charge is -2.07. The Labute approximate surface area is 129 Å². The first-order chi connectivity index (χ1) is 11.0. The summed E-state index contributed by atoms with van der Waals surface area (Å²) >= 11 is 0. The fourth-order valence-electron chi connectivity index (χ4n) is 2.46. The second-order valence-corrected chi connectivity index (χ2v) is 4.90. The second kappa shape index (κ2) is 5.68. The lowest BCUT2D eigenvalue weighted by molar-refractivity contribution is 0.0691. The van der Waals surface area contributed by atoms with Gasteiger partial charge in [-0.25, -0.2) is 13.6 Å². The quantitative estimate of drug-likeness (QED) is 0.803. The van der Waals surface area contributed by atoms with Crippen molar-refractivity contribution in [2.45, 2.75) is 6.54 Å². The van der Waals surface area contributed by atoms with Gasteiger partial charge in [0.1, 0.15) is 0 Å². The minimum atomic E-state index is -1.39. The first-order valence-electron chi connectivity index (χ1n) is 6.72. The molecule has 0 spiro atoms. The third-order valence-corrected chi connectivity index (χ3v) is 3.47. The zero-order valence-corrected chi connectivity index (χ0v) is 12.1. The molecule has 118 valence electrons. The predicted molar refractivity (Wildman–Crippen MR) is 78.7 cm³/mol. The number of carboxylic acid groups (broad SMARTS) is 1. The number of methoxy groups -OCH3 is 1. The molecular formula is C16H12F2N2O3. The van der Waals surface area contributed by atoms with Gasteiger partial charge in [-0.05, 0) is 5.56 Å². The molecule has 3 aromatic rings. The maximum Gasteiger partial charge on any atom is 0.357 e. The number of hydrogen-bond acceptors (Lipinski definition) is 3. The maximum atomic E-state index is 14.4. The van der Waals surface area contributed by atoms with E-state index in [1.54, 1.807) is 0 Å². The molecule has 5 nitrogen and oxygen atoms in total. The number of rotatable bonds is 4. The van der Waals surface area contributed by atoms with E-state index in [1.807, 2.05) is 30.3 Å². The van der Waals surface area contributed by atoms with Crippen LogP contribution >= 0.6 is 0 Å². The fourth-order valence-corrected chi connectivity index (χ4v) is 2.46. The van der Waals surface area contributed by atoms with Crippen molar-refractivity contribution in [3.63, 3.8) is 0 Å². The van der Waals surface area contributed by atoms with Gasteiger partial charge in [0.05, 0.1) is 24.6 Å². The molecule has 1 heterocycles. The number of hydrogen-bond donors (Lipinski definition) is 1. The molecule has 0 amide bonds. The highest BCUT2D eigenvalue weighted by molar-refractivity contribution is 6.02. The number of carbonyl (C=O) groups is 1. The lowest BCUT2D eigenvalue weighted by atomic mass is 10.1. The van der Waals surface area contributed by atoms with E-state index in [2.05, 4.69) is 9.84 Å². The highest BCUT2D eigenvalue weighted by atomic mass is 19.1. The number of aromatic carboxylic acids is 1. The summed E-state index contributed by atoms with van der Waals surface area (Å²) in [5.41, 5.74) is 0.402. The Kier molecular flexibility index (Phi) is 3.69. The van der Waals surface area contributed by atoms with E-state index in [0.717, 1.165) is 18.7 Å². The number of fused-ring (bicyclic) bond motifs is 1. The van der Waals surface area contributed by atoms with Crippen LogP contribution < -0.4 is 4.74 Å². The number of benzene rings is 2. The SMILES string of the molecule is COc1c(F)cc2c(c(C(=O)O)nn2Cc2ccccc2)c1F. The van der Waals surface area contributed by atoms with Crippen molar-refractivity contribution in [2.75, 3.05) is 7.11 Å². The Hall–Kier alpha value is -2.96. The summed E-state index contributed by atoms with van der Waals surface area (Å²) in [6.07, 6.45) is 0. The highest BCUT2D eigenvalue weighted by Crippen LogP contribution is 2.32. The molecule has 1 N–H and O–H groups in total. The molecule has 0 aliphatic rings. The third-order valence-electron chi connectivity index (χ3n) is 3.47. The van der Waals surface area contributed by atoms with E-state index in [9.17, 15) is 18.7 Å². The van der Waals surface area contributed by atoms with Crippen molar-refractivity contribution in [3.8, 4) is 5.75 Å². The summed E-state index contributed by atoms with van der Waals surface area (Å²) < 4.78 is 34.3. The topological polar surface area (TPSA) is 64.3 Å². The lowest BCUT2D eigenvalue weighted by Crippen LogP contribution is -2.04. The molecule has 0 unspecified atom stereocenters. The van der Waals surface area contributed by atoms with Crippen LogP contribution in [0.2, 0.25) is 0 Å². The second-order valence-electron chi connectivity index (χ2n) is 4.90. The van der Waals surface area contributed by atoms with Gasteiger partial charge in [-0.3, -0.25) is 4.68 Å². The number of ether oxygens (including phenoxy) is 1. The summed E-state index contributed by atoms with van der Waals surface area (Å²) in [4.78, 5) is 11.3. The summed E-state index contributed by atoms with van der Waals surface area (Å²) in [6.45, 7) is 0.190. The molecule has 1 aromatic heterocycles. The largest absolute Gasteiger partial charge is 0.491 e. The fraction of sp³-hybridized carbons (Fsp3) is 0.125. The van der Waals surface area contributed by atoms with Gasteiger partial charge in [-0.2, -0.15) is 5.10 Å². The molecule has 23 heavy (non-hydrogen) atoms. The Bertz CT molecular complexity index is 891. The van der Waals surface area contributed by atoms with E-state index < -0.39 is 29.0 Å². The van der Waals surface area contributed by atoms with Crippen LogP contribution in [0, 0.1) is 11.6 Å². The Morgan fingerprint density at radius 2 is 2.00 bits per heavy atom. The molecule has 0 saturated carbocycles. The van der Waals surface area contributed by atoms with Crippen LogP contribution in [0.4, 0.5) is 8.78 Å². The van der Waals surface area contributed by atoms with Crippen LogP contribution in [-0.2, 0) is 6.54 Å². The Balaban J connectivity index is 2.25. The van der Waals surface area contributed by atoms with Gasteiger partial charge in [0.2, 0.25) is 0 Å². The molecule has 0 aliphatic carbocycles. The van der Waals surface area contributed by atoms with Gasteiger partial charge >= 0.3 is 5.97 Å². The zero-order chi connectivity index (χ0) is 16.6. The van der Waals surface area contributed by atoms with Gasteiger partial charge in [-0.1, -0.05) is 30.3 Å². The van der Waals surface area contributed by atoms with Crippen LogP contribution in [-0.4, -0.2) is 28.0 Å². The number of nitrogens with zero attached hydrogens (tertiary/aromatic N) is 2. The summed E-state index contributed by atoms with van der Waals surface area (Å²) in [6, 6.07) is 10.1. The minimum absolute atomic E-state index is 0.0575. The average molecular weight is 318 g/mol. The number of carboxylic acids is 1. The van der Waals surface area contributed by atoms with E-state index in [1.165, 1.54) is 4.68 Å². The van der Waals surface area contributed by atoms with Crippen molar-refractivity contribution in [1.82, 2.24) is 9.78 Å². The maximum absolute atomic E-state index is 14.4. The standard InChI is InChI=1S/C16H12F2N2O3/c1-23-15-10(17)7-11-12(13(15)18)14(16(21)22)19-20(11)8-9-5-3-2-4-6-9/h2-7H,8H2,1H3,(H,21,22). The first kappa shape index (κ1) is 15.0. The van der Waals surface area contributed by atoms with Gasteiger partial charge < -0.3 is 9.84 Å². The van der Waals surface area contributed by atoms with Crippen LogP contribution in [0.25, 0.3) is 10.9 Å². The molecule has 0 atom stereocenters. The molecule has 0 bridgehead atoms. The summed E-state index contributed by atoms with van der Waals surface area (Å²) in [5.74, 6) is -4.00.